The monoisotopic (exact) mass is 300 g/mol. The number of aryl methyl sites for hydroxylation is 1. The summed E-state index contributed by atoms with van der Waals surface area (Å²) in [5.74, 6) is 5.55. The number of halogens is 3. The Morgan fingerprint density at radius 3 is 2.30 bits per heavy atom. The molecule has 0 saturated carbocycles. The van der Waals surface area contributed by atoms with Gasteiger partial charge in [-0.05, 0) is 48.1 Å². The van der Waals surface area contributed by atoms with Gasteiger partial charge in [-0.3, -0.25) is 11.3 Å². The molecule has 0 aliphatic heterocycles. The number of thiophene rings is 1. The smallest absolute Gasteiger partial charge is 0.271 e. The van der Waals surface area contributed by atoms with Crippen LogP contribution in [0.1, 0.15) is 27.6 Å². The van der Waals surface area contributed by atoms with E-state index in [1.54, 1.807) is 11.3 Å². The molecule has 1 aromatic heterocycles. The highest BCUT2D eigenvalue weighted by Gasteiger charge is 2.30. The zero-order chi connectivity index (χ0) is 14.8. The van der Waals surface area contributed by atoms with E-state index in [-0.39, 0.29) is 6.04 Å². The molecular weight excluding hydrogens is 285 g/mol. The van der Waals surface area contributed by atoms with Gasteiger partial charge in [0.15, 0.2) is 0 Å². The molecule has 1 atom stereocenters. The van der Waals surface area contributed by atoms with Crippen LogP contribution in [-0.2, 0) is 12.6 Å². The molecule has 0 saturated heterocycles. The van der Waals surface area contributed by atoms with Gasteiger partial charge in [-0.2, -0.15) is 13.2 Å². The summed E-state index contributed by atoms with van der Waals surface area (Å²) in [4.78, 5) is 1.15. The molecular formula is C14H15F3N2S. The lowest BCUT2D eigenvalue weighted by molar-refractivity contribution is -0.137. The van der Waals surface area contributed by atoms with E-state index in [0.717, 1.165) is 28.1 Å². The number of rotatable bonds is 4. The van der Waals surface area contributed by atoms with Crippen molar-refractivity contribution in [2.45, 2.75) is 25.6 Å². The Labute approximate surface area is 119 Å². The topological polar surface area (TPSA) is 38.0 Å². The van der Waals surface area contributed by atoms with Crippen LogP contribution in [0.2, 0.25) is 0 Å². The van der Waals surface area contributed by atoms with Crippen LogP contribution < -0.4 is 11.3 Å². The minimum Gasteiger partial charge on any atom is -0.271 e. The lowest BCUT2D eigenvalue weighted by Crippen LogP contribution is -2.29. The third-order valence-electron chi connectivity index (χ3n) is 3.20. The van der Waals surface area contributed by atoms with Crippen LogP contribution in [0, 0.1) is 6.92 Å². The molecule has 1 unspecified atom stereocenters. The predicted molar refractivity (Wildman–Crippen MR) is 74.3 cm³/mol. The molecule has 2 aromatic rings. The van der Waals surface area contributed by atoms with Crippen LogP contribution in [0.3, 0.4) is 0 Å². The Hall–Kier alpha value is -1.37. The maximum Gasteiger partial charge on any atom is 0.416 e. The zero-order valence-corrected chi connectivity index (χ0v) is 11.7. The van der Waals surface area contributed by atoms with Crippen molar-refractivity contribution in [3.63, 3.8) is 0 Å². The van der Waals surface area contributed by atoms with Crippen LogP contribution in [0.4, 0.5) is 13.2 Å². The van der Waals surface area contributed by atoms with Crippen molar-refractivity contribution >= 4 is 11.3 Å². The van der Waals surface area contributed by atoms with Gasteiger partial charge in [0.1, 0.15) is 0 Å². The number of hydrogen-bond donors (Lipinski definition) is 2. The van der Waals surface area contributed by atoms with Crippen LogP contribution >= 0.6 is 11.3 Å². The Morgan fingerprint density at radius 2 is 1.85 bits per heavy atom. The summed E-state index contributed by atoms with van der Waals surface area (Å²) < 4.78 is 37.5. The van der Waals surface area contributed by atoms with Crippen molar-refractivity contribution in [3.05, 3.63) is 57.3 Å². The Kier molecular flexibility index (Phi) is 4.47. The molecule has 2 nitrogen and oxygen atoms in total. The van der Waals surface area contributed by atoms with E-state index in [2.05, 4.69) is 5.43 Å². The van der Waals surface area contributed by atoms with Crippen LogP contribution in [0.25, 0.3) is 0 Å². The summed E-state index contributed by atoms with van der Waals surface area (Å²) in [6.07, 6.45) is -3.75. The molecule has 1 heterocycles. The van der Waals surface area contributed by atoms with Crippen molar-refractivity contribution in [1.82, 2.24) is 5.43 Å². The fourth-order valence-electron chi connectivity index (χ4n) is 2.08. The molecule has 0 fully saturated rings. The molecule has 20 heavy (non-hydrogen) atoms. The average Bonchev–Trinajstić information content (AvgIpc) is 2.82. The van der Waals surface area contributed by atoms with Gasteiger partial charge in [0, 0.05) is 4.88 Å². The van der Waals surface area contributed by atoms with E-state index in [9.17, 15) is 13.2 Å². The van der Waals surface area contributed by atoms with Crippen molar-refractivity contribution in [3.8, 4) is 0 Å². The molecule has 0 bridgehead atoms. The highest BCUT2D eigenvalue weighted by Crippen LogP contribution is 2.30. The van der Waals surface area contributed by atoms with Gasteiger partial charge in [0.05, 0.1) is 11.6 Å². The minimum atomic E-state index is -4.30. The van der Waals surface area contributed by atoms with Crippen LogP contribution in [0.15, 0.2) is 35.7 Å². The summed E-state index contributed by atoms with van der Waals surface area (Å²) in [6, 6.07) is 7.07. The van der Waals surface area contributed by atoms with Crippen LogP contribution in [0.5, 0.6) is 0 Å². The third-order valence-corrected chi connectivity index (χ3v) is 4.06. The van der Waals surface area contributed by atoms with Gasteiger partial charge in [-0.15, -0.1) is 11.3 Å². The lowest BCUT2D eigenvalue weighted by atomic mass is 9.99. The fraction of sp³-hybridized carbons (Fsp3) is 0.286. The number of benzene rings is 1. The highest BCUT2D eigenvalue weighted by molar-refractivity contribution is 7.10. The maximum absolute atomic E-state index is 12.5. The summed E-state index contributed by atoms with van der Waals surface area (Å²) in [5.41, 5.74) is 3.98. The van der Waals surface area contributed by atoms with Gasteiger partial charge in [0.2, 0.25) is 0 Å². The SMILES string of the molecule is Cc1sccc1C(Cc1ccc(C(F)(F)F)cc1)NN. The quantitative estimate of drug-likeness (QED) is 0.665. The number of hydrogen-bond acceptors (Lipinski definition) is 3. The van der Waals surface area contributed by atoms with E-state index >= 15 is 0 Å². The zero-order valence-electron chi connectivity index (χ0n) is 10.9. The summed E-state index contributed by atoms with van der Waals surface area (Å²) in [5, 5.41) is 1.97. The first kappa shape index (κ1) is 15.0. The van der Waals surface area contributed by atoms with Crippen molar-refractivity contribution in [2.24, 2.45) is 5.84 Å². The van der Waals surface area contributed by atoms with E-state index < -0.39 is 11.7 Å². The van der Waals surface area contributed by atoms with Gasteiger partial charge in [-0.25, -0.2) is 0 Å². The Balaban J connectivity index is 2.15. The first-order valence-corrected chi connectivity index (χ1v) is 6.96. The molecule has 6 heteroatoms. The van der Waals surface area contributed by atoms with E-state index in [0.29, 0.717) is 6.42 Å². The second-order valence-electron chi connectivity index (χ2n) is 4.55. The standard InChI is InChI=1S/C14H15F3N2S/c1-9-12(6-7-20-9)13(19-18)8-10-2-4-11(5-3-10)14(15,16)17/h2-7,13,19H,8,18H2,1H3. The van der Waals surface area contributed by atoms with Crippen molar-refractivity contribution < 1.29 is 13.2 Å². The molecule has 0 aliphatic carbocycles. The summed E-state index contributed by atoms with van der Waals surface area (Å²) >= 11 is 1.62. The summed E-state index contributed by atoms with van der Waals surface area (Å²) in [6.45, 7) is 2.00. The number of alkyl halides is 3. The number of nitrogens with two attached hydrogens (primary N) is 1. The van der Waals surface area contributed by atoms with Crippen molar-refractivity contribution in [1.29, 1.82) is 0 Å². The van der Waals surface area contributed by atoms with Crippen LogP contribution in [-0.4, -0.2) is 0 Å². The second kappa shape index (κ2) is 5.95. The lowest BCUT2D eigenvalue weighted by Gasteiger charge is -2.16. The molecule has 3 N–H and O–H groups in total. The molecule has 1 aromatic carbocycles. The fourth-order valence-corrected chi connectivity index (χ4v) is 2.85. The van der Waals surface area contributed by atoms with Crippen molar-refractivity contribution in [2.75, 3.05) is 0 Å². The molecule has 0 aliphatic rings. The molecule has 0 amide bonds. The largest absolute Gasteiger partial charge is 0.416 e. The van der Waals surface area contributed by atoms with Gasteiger partial charge < -0.3 is 0 Å². The average molecular weight is 300 g/mol. The minimum absolute atomic E-state index is 0.0991. The first-order valence-electron chi connectivity index (χ1n) is 6.08. The molecule has 0 spiro atoms. The molecule has 2 rings (SSSR count). The third kappa shape index (κ3) is 3.39. The molecule has 0 radical (unpaired) electrons. The normalized spacial score (nSPS) is 13.4. The number of hydrazine groups is 1. The van der Waals surface area contributed by atoms with E-state index in [1.807, 2.05) is 18.4 Å². The maximum atomic E-state index is 12.5. The summed E-state index contributed by atoms with van der Waals surface area (Å²) in [7, 11) is 0. The molecule has 108 valence electrons. The van der Waals surface area contributed by atoms with Gasteiger partial charge in [-0.1, -0.05) is 12.1 Å². The Bertz CT molecular complexity index is 561. The van der Waals surface area contributed by atoms with Gasteiger partial charge in [0.25, 0.3) is 0 Å². The first-order chi connectivity index (χ1) is 9.41. The van der Waals surface area contributed by atoms with E-state index in [1.165, 1.54) is 12.1 Å². The Morgan fingerprint density at radius 1 is 1.20 bits per heavy atom. The number of nitrogens with one attached hydrogen (secondary N) is 1. The second-order valence-corrected chi connectivity index (χ2v) is 5.67. The predicted octanol–water partition coefficient (Wildman–Crippen LogP) is 3.82. The van der Waals surface area contributed by atoms with E-state index in [4.69, 9.17) is 5.84 Å². The van der Waals surface area contributed by atoms with Gasteiger partial charge >= 0.3 is 6.18 Å². The highest BCUT2D eigenvalue weighted by atomic mass is 32.1.